The van der Waals surface area contributed by atoms with Crippen LogP contribution in [0.2, 0.25) is 0 Å². The number of benzene rings is 1. The maximum absolute atomic E-state index is 13.2. The minimum absolute atomic E-state index is 0.0655. The Labute approximate surface area is 190 Å². The van der Waals surface area contributed by atoms with Crippen molar-refractivity contribution < 1.29 is 13.2 Å². The fraction of sp³-hybridized carbons (Fsp3) is 0.273. The predicted molar refractivity (Wildman–Crippen MR) is 123 cm³/mol. The van der Waals surface area contributed by atoms with Gasteiger partial charge in [0.05, 0.1) is 10.3 Å². The molecule has 1 aromatic carbocycles. The molecule has 0 saturated heterocycles. The molecule has 3 aromatic heterocycles. The Balaban J connectivity index is 1.49. The Morgan fingerprint density at radius 1 is 1.18 bits per heavy atom. The molecule has 1 aliphatic heterocycles. The van der Waals surface area contributed by atoms with E-state index in [1.807, 2.05) is 23.4 Å². The van der Waals surface area contributed by atoms with E-state index in [0.29, 0.717) is 29.8 Å². The van der Waals surface area contributed by atoms with E-state index < -0.39 is 15.9 Å². The number of nitrogens with two attached hydrogens (primary N) is 1. The van der Waals surface area contributed by atoms with Gasteiger partial charge in [0.25, 0.3) is 15.9 Å². The molecule has 1 aliphatic rings. The zero-order chi connectivity index (χ0) is 23.3. The molecule has 1 unspecified atom stereocenters. The normalized spacial score (nSPS) is 16.0. The minimum atomic E-state index is -3.80. The summed E-state index contributed by atoms with van der Waals surface area (Å²) < 4.78 is 29.6. The summed E-state index contributed by atoms with van der Waals surface area (Å²) >= 11 is 0. The largest absolute Gasteiger partial charge is 0.364 e. The van der Waals surface area contributed by atoms with E-state index in [1.165, 1.54) is 16.5 Å². The van der Waals surface area contributed by atoms with Crippen molar-refractivity contribution in [2.24, 2.45) is 5.73 Å². The summed E-state index contributed by atoms with van der Waals surface area (Å²) in [5.41, 5.74) is 6.93. The number of hydrogen-bond donors (Lipinski definition) is 1. The highest BCUT2D eigenvalue weighted by Gasteiger charge is 2.28. The Bertz CT molecular complexity index is 1470. The third kappa shape index (κ3) is 3.54. The van der Waals surface area contributed by atoms with Gasteiger partial charge in [-0.15, -0.1) is 0 Å². The molecule has 1 atom stereocenters. The van der Waals surface area contributed by atoms with E-state index in [2.05, 4.69) is 15.0 Å². The molecule has 5 rings (SSSR count). The minimum Gasteiger partial charge on any atom is -0.364 e. The molecule has 2 N–H and O–H groups in total. The number of nitrogens with zero attached hydrogens (tertiary/aromatic N) is 6. The van der Waals surface area contributed by atoms with Crippen LogP contribution in [0.25, 0.3) is 11.0 Å². The second-order valence-electron chi connectivity index (χ2n) is 8.22. The third-order valence-corrected chi connectivity index (χ3v) is 7.80. The lowest BCUT2D eigenvalue weighted by Crippen LogP contribution is -2.38. The number of imidazole rings is 1. The lowest BCUT2D eigenvalue weighted by atomic mass is 10.0. The van der Waals surface area contributed by atoms with E-state index in [1.54, 1.807) is 36.5 Å². The number of fused-ring (bicyclic) bond motifs is 2. The zero-order valence-electron chi connectivity index (χ0n) is 18.2. The van der Waals surface area contributed by atoms with Crippen LogP contribution in [-0.4, -0.2) is 50.9 Å². The number of rotatable bonds is 5. The molecular weight excluding hydrogens is 442 g/mol. The molecule has 170 valence electrons. The molecule has 11 heteroatoms. The molecule has 0 spiro atoms. The number of carbonyl (C=O) groups excluding carboxylic acids is 1. The predicted octanol–water partition coefficient (Wildman–Crippen LogP) is 1.72. The third-order valence-electron chi connectivity index (χ3n) is 6.12. The molecule has 0 radical (unpaired) electrons. The van der Waals surface area contributed by atoms with E-state index in [0.717, 1.165) is 17.8 Å². The monoisotopic (exact) mass is 465 g/mol. The molecule has 33 heavy (non-hydrogen) atoms. The number of likely N-dealkylation sites (N-methyl/N-ethyl adjacent to an activating group) is 1. The van der Waals surface area contributed by atoms with Crippen molar-refractivity contribution in [2.75, 3.05) is 11.9 Å². The molecular formula is C22H23N7O3S. The average molecular weight is 466 g/mol. The van der Waals surface area contributed by atoms with Crippen LogP contribution in [0.1, 0.15) is 28.3 Å². The van der Waals surface area contributed by atoms with Gasteiger partial charge < -0.3 is 15.2 Å². The van der Waals surface area contributed by atoms with Gasteiger partial charge in [-0.05, 0) is 31.5 Å². The van der Waals surface area contributed by atoms with E-state index >= 15 is 0 Å². The number of anilines is 1. The van der Waals surface area contributed by atoms with Gasteiger partial charge in [-0.1, -0.05) is 17.7 Å². The first kappa shape index (κ1) is 21.1. The van der Waals surface area contributed by atoms with Crippen molar-refractivity contribution >= 4 is 32.8 Å². The number of carbonyl (C=O) groups is 1. The Morgan fingerprint density at radius 2 is 1.94 bits per heavy atom. The van der Waals surface area contributed by atoms with Gasteiger partial charge in [-0.3, -0.25) is 4.79 Å². The summed E-state index contributed by atoms with van der Waals surface area (Å²) in [5, 5.41) is 0.641. The van der Waals surface area contributed by atoms with Crippen LogP contribution < -0.4 is 10.6 Å². The summed E-state index contributed by atoms with van der Waals surface area (Å²) in [6.07, 6.45) is 6.00. The van der Waals surface area contributed by atoms with Crippen molar-refractivity contribution in [3.05, 3.63) is 66.1 Å². The summed E-state index contributed by atoms with van der Waals surface area (Å²) in [5.74, 6) is 0.880. The number of aromatic nitrogens is 5. The van der Waals surface area contributed by atoms with Gasteiger partial charge >= 0.3 is 0 Å². The summed E-state index contributed by atoms with van der Waals surface area (Å²) in [6.45, 7) is 2.60. The first-order chi connectivity index (χ1) is 15.8. The van der Waals surface area contributed by atoms with E-state index in [9.17, 15) is 13.2 Å². The lowest BCUT2D eigenvalue weighted by Gasteiger charge is -2.32. The maximum Gasteiger partial charge on any atom is 0.269 e. The molecule has 4 aromatic rings. The van der Waals surface area contributed by atoms with Crippen LogP contribution in [-0.2, 0) is 23.0 Å². The van der Waals surface area contributed by atoms with Crippen molar-refractivity contribution in [1.82, 2.24) is 23.5 Å². The zero-order valence-corrected chi connectivity index (χ0v) is 19.0. The Morgan fingerprint density at radius 3 is 2.67 bits per heavy atom. The quantitative estimate of drug-likeness (QED) is 0.475. The van der Waals surface area contributed by atoms with E-state index in [4.69, 9.17) is 5.73 Å². The van der Waals surface area contributed by atoms with Crippen LogP contribution in [0.5, 0.6) is 0 Å². The van der Waals surface area contributed by atoms with Gasteiger partial charge in [0.2, 0.25) is 0 Å². The molecule has 0 fully saturated rings. The highest BCUT2D eigenvalue weighted by atomic mass is 32.2. The standard InChI is InChI=1S/C22H23N7O3S/c1-14-3-5-16(6-4-14)33(31,32)29-10-8-17-21(24-13-25-22(17)29)27(2)15-7-9-28-12-18(20(23)30)26-19(28)11-15/h3-6,8,10,12-13,15H,7,9,11H2,1-2H3,(H2,23,30). The van der Waals surface area contributed by atoms with Crippen molar-refractivity contribution in [3.63, 3.8) is 0 Å². The topological polar surface area (TPSA) is 129 Å². The van der Waals surface area contributed by atoms with Crippen LogP contribution in [0.15, 0.2) is 53.9 Å². The summed E-state index contributed by atoms with van der Waals surface area (Å²) in [7, 11) is -1.88. The van der Waals surface area contributed by atoms with E-state index in [-0.39, 0.29) is 16.6 Å². The average Bonchev–Trinajstić information content (AvgIpc) is 3.43. The van der Waals surface area contributed by atoms with Gasteiger partial charge in [0.1, 0.15) is 23.7 Å². The van der Waals surface area contributed by atoms with Crippen molar-refractivity contribution in [1.29, 1.82) is 0 Å². The van der Waals surface area contributed by atoms with Crippen molar-refractivity contribution in [3.8, 4) is 0 Å². The number of hydrogen-bond acceptors (Lipinski definition) is 7. The van der Waals surface area contributed by atoms with Gasteiger partial charge in [0.15, 0.2) is 5.65 Å². The van der Waals surface area contributed by atoms with Crippen molar-refractivity contribution in [2.45, 2.75) is 37.2 Å². The molecule has 4 heterocycles. The fourth-order valence-electron chi connectivity index (χ4n) is 4.25. The molecule has 0 saturated carbocycles. The fourth-order valence-corrected chi connectivity index (χ4v) is 5.55. The van der Waals surface area contributed by atoms with Gasteiger partial charge in [-0.2, -0.15) is 0 Å². The Kier molecular flexibility index (Phi) is 4.93. The first-order valence-corrected chi connectivity index (χ1v) is 11.9. The molecule has 0 aliphatic carbocycles. The lowest BCUT2D eigenvalue weighted by molar-refractivity contribution is 0.0996. The smallest absolute Gasteiger partial charge is 0.269 e. The highest BCUT2D eigenvalue weighted by Crippen LogP contribution is 2.30. The molecule has 1 amide bonds. The van der Waals surface area contributed by atoms with Crippen LogP contribution >= 0.6 is 0 Å². The van der Waals surface area contributed by atoms with Gasteiger partial charge in [0, 0.05) is 38.4 Å². The first-order valence-electron chi connectivity index (χ1n) is 10.5. The second-order valence-corrected chi connectivity index (χ2v) is 10.0. The number of amides is 1. The maximum atomic E-state index is 13.2. The van der Waals surface area contributed by atoms with Crippen LogP contribution in [0.4, 0.5) is 5.82 Å². The summed E-state index contributed by atoms with van der Waals surface area (Å²) in [4.78, 5) is 26.8. The number of primary amides is 1. The highest BCUT2D eigenvalue weighted by molar-refractivity contribution is 7.90. The van der Waals surface area contributed by atoms with Gasteiger partial charge in [-0.25, -0.2) is 27.3 Å². The molecule has 10 nitrogen and oxygen atoms in total. The summed E-state index contributed by atoms with van der Waals surface area (Å²) in [6, 6.07) is 8.51. The SMILES string of the molecule is Cc1ccc(S(=O)(=O)n2ccc3c(N(C)C4CCn5cc(C(N)=O)nc5C4)ncnc32)cc1. The Hall–Kier alpha value is -3.73. The van der Waals surface area contributed by atoms with Crippen LogP contribution in [0.3, 0.4) is 0 Å². The second kappa shape index (κ2) is 7.69. The molecule has 0 bridgehead atoms. The van der Waals surface area contributed by atoms with Crippen LogP contribution in [0, 0.1) is 6.92 Å². The number of aryl methyl sites for hydroxylation is 2.